The number of para-hydroxylation sites is 1. The van der Waals surface area contributed by atoms with Crippen LogP contribution in [0.1, 0.15) is 12.5 Å². The highest BCUT2D eigenvalue weighted by Crippen LogP contribution is 2.35. The van der Waals surface area contributed by atoms with Crippen molar-refractivity contribution >= 4 is 0 Å². The van der Waals surface area contributed by atoms with Crippen molar-refractivity contribution in [2.75, 3.05) is 19.7 Å². The van der Waals surface area contributed by atoms with Crippen LogP contribution in [0.4, 0.5) is 13.2 Å². The van der Waals surface area contributed by atoms with Crippen LogP contribution in [0.15, 0.2) is 24.3 Å². The molecule has 0 radical (unpaired) electrons. The largest absolute Gasteiger partial charge is 0.492 e. The van der Waals surface area contributed by atoms with Crippen molar-refractivity contribution < 1.29 is 17.9 Å². The fourth-order valence-electron chi connectivity index (χ4n) is 1.24. The van der Waals surface area contributed by atoms with E-state index in [4.69, 9.17) is 4.74 Å². The summed E-state index contributed by atoms with van der Waals surface area (Å²) in [4.78, 5) is 0. The molecule has 0 aromatic heterocycles. The van der Waals surface area contributed by atoms with Crippen molar-refractivity contribution in [3.63, 3.8) is 0 Å². The summed E-state index contributed by atoms with van der Waals surface area (Å²) in [7, 11) is 0. The van der Waals surface area contributed by atoms with E-state index in [1.807, 2.05) is 6.92 Å². The van der Waals surface area contributed by atoms with Gasteiger partial charge in [0.05, 0.1) is 5.56 Å². The van der Waals surface area contributed by atoms with E-state index < -0.39 is 11.7 Å². The molecule has 0 aliphatic rings. The Balaban J connectivity index is 2.65. The summed E-state index contributed by atoms with van der Waals surface area (Å²) in [5, 5.41) is 2.97. The van der Waals surface area contributed by atoms with Gasteiger partial charge in [0.2, 0.25) is 0 Å². The monoisotopic (exact) mass is 233 g/mol. The lowest BCUT2D eigenvalue weighted by atomic mass is 10.2. The lowest BCUT2D eigenvalue weighted by Gasteiger charge is -2.13. The number of rotatable bonds is 5. The van der Waals surface area contributed by atoms with Crippen molar-refractivity contribution in [1.29, 1.82) is 0 Å². The van der Waals surface area contributed by atoms with Crippen molar-refractivity contribution in [1.82, 2.24) is 5.32 Å². The molecule has 1 N–H and O–H groups in total. The summed E-state index contributed by atoms with van der Waals surface area (Å²) in [6.07, 6.45) is -4.37. The molecule has 0 saturated carbocycles. The Morgan fingerprint density at radius 2 is 1.94 bits per heavy atom. The normalized spacial score (nSPS) is 11.5. The van der Waals surface area contributed by atoms with Gasteiger partial charge in [0.15, 0.2) is 0 Å². The highest BCUT2D eigenvalue weighted by molar-refractivity contribution is 5.35. The number of alkyl halides is 3. The van der Waals surface area contributed by atoms with E-state index in [0.29, 0.717) is 6.54 Å². The van der Waals surface area contributed by atoms with Crippen LogP contribution in [0.2, 0.25) is 0 Å². The SMILES string of the molecule is CCNCCOc1ccccc1C(F)(F)F. The van der Waals surface area contributed by atoms with E-state index in [1.54, 1.807) is 0 Å². The molecule has 0 aliphatic heterocycles. The predicted octanol–water partition coefficient (Wildman–Crippen LogP) is 2.69. The molecular formula is C11H14F3NO. The predicted molar refractivity (Wildman–Crippen MR) is 55.5 cm³/mol. The molecule has 1 rings (SSSR count). The second-order valence-electron chi connectivity index (χ2n) is 3.20. The van der Waals surface area contributed by atoms with E-state index >= 15 is 0 Å². The standard InChI is InChI=1S/C11H14F3NO/c1-2-15-7-8-16-10-6-4-3-5-9(10)11(12,13)14/h3-6,15H,2,7-8H2,1H3. The van der Waals surface area contributed by atoms with Gasteiger partial charge in [0.1, 0.15) is 12.4 Å². The number of hydrogen-bond donors (Lipinski definition) is 1. The van der Waals surface area contributed by atoms with Crippen LogP contribution >= 0.6 is 0 Å². The molecular weight excluding hydrogens is 219 g/mol. The highest BCUT2D eigenvalue weighted by atomic mass is 19.4. The van der Waals surface area contributed by atoms with E-state index in [9.17, 15) is 13.2 Å². The fraction of sp³-hybridized carbons (Fsp3) is 0.455. The minimum Gasteiger partial charge on any atom is -0.492 e. The van der Waals surface area contributed by atoms with E-state index in [1.165, 1.54) is 18.2 Å². The van der Waals surface area contributed by atoms with Gasteiger partial charge < -0.3 is 10.1 Å². The van der Waals surface area contributed by atoms with Crippen LogP contribution < -0.4 is 10.1 Å². The number of benzene rings is 1. The van der Waals surface area contributed by atoms with Crippen LogP contribution in [0.25, 0.3) is 0 Å². The van der Waals surface area contributed by atoms with Gasteiger partial charge in [-0.2, -0.15) is 13.2 Å². The van der Waals surface area contributed by atoms with Crippen LogP contribution in [0, 0.1) is 0 Å². The molecule has 0 heterocycles. The van der Waals surface area contributed by atoms with Crippen molar-refractivity contribution in [2.24, 2.45) is 0 Å². The Kier molecular flexibility index (Phi) is 4.61. The number of halogens is 3. The van der Waals surface area contributed by atoms with Gasteiger partial charge in [0, 0.05) is 6.54 Å². The molecule has 0 amide bonds. The first-order valence-electron chi connectivity index (χ1n) is 5.05. The second-order valence-corrected chi connectivity index (χ2v) is 3.20. The smallest absolute Gasteiger partial charge is 0.419 e. The topological polar surface area (TPSA) is 21.3 Å². The molecule has 0 aliphatic carbocycles. The third-order valence-electron chi connectivity index (χ3n) is 1.98. The average molecular weight is 233 g/mol. The Bertz CT molecular complexity index is 325. The number of ether oxygens (including phenoxy) is 1. The molecule has 0 fully saturated rings. The average Bonchev–Trinajstić information content (AvgIpc) is 2.24. The molecule has 90 valence electrons. The quantitative estimate of drug-likeness (QED) is 0.789. The maximum Gasteiger partial charge on any atom is 0.419 e. The van der Waals surface area contributed by atoms with Crippen LogP contribution in [-0.4, -0.2) is 19.7 Å². The number of hydrogen-bond acceptors (Lipinski definition) is 2. The summed E-state index contributed by atoms with van der Waals surface area (Å²) >= 11 is 0. The van der Waals surface area contributed by atoms with Crippen LogP contribution in [0.3, 0.4) is 0 Å². The Morgan fingerprint density at radius 3 is 2.56 bits per heavy atom. The van der Waals surface area contributed by atoms with E-state index in [0.717, 1.165) is 12.6 Å². The number of likely N-dealkylation sites (N-methyl/N-ethyl adjacent to an activating group) is 1. The third kappa shape index (κ3) is 3.73. The summed E-state index contributed by atoms with van der Waals surface area (Å²) in [5.41, 5.74) is -0.730. The van der Waals surface area contributed by atoms with Crippen molar-refractivity contribution in [3.8, 4) is 5.75 Å². The van der Waals surface area contributed by atoms with Crippen molar-refractivity contribution in [2.45, 2.75) is 13.1 Å². The van der Waals surface area contributed by atoms with Crippen LogP contribution in [0.5, 0.6) is 5.75 Å². The van der Waals surface area contributed by atoms with E-state index in [-0.39, 0.29) is 12.4 Å². The van der Waals surface area contributed by atoms with Gasteiger partial charge in [-0.3, -0.25) is 0 Å². The Hall–Kier alpha value is -1.23. The lowest BCUT2D eigenvalue weighted by Crippen LogP contribution is -2.21. The van der Waals surface area contributed by atoms with Crippen molar-refractivity contribution in [3.05, 3.63) is 29.8 Å². The summed E-state index contributed by atoms with van der Waals surface area (Å²) in [6.45, 7) is 3.44. The zero-order valence-corrected chi connectivity index (χ0v) is 8.97. The number of nitrogens with one attached hydrogen (secondary N) is 1. The van der Waals surface area contributed by atoms with Gasteiger partial charge >= 0.3 is 6.18 Å². The molecule has 1 aromatic carbocycles. The van der Waals surface area contributed by atoms with E-state index in [2.05, 4.69) is 5.32 Å². The molecule has 5 heteroatoms. The molecule has 0 atom stereocenters. The maximum absolute atomic E-state index is 12.5. The zero-order chi connectivity index (χ0) is 12.0. The molecule has 0 saturated heterocycles. The first-order chi connectivity index (χ1) is 7.55. The Morgan fingerprint density at radius 1 is 1.25 bits per heavy atom. The fourth-order valence-corrected chi connectivity index (χ4v) is 1.24. The molecule has 16 heavy (non-hydrogen) atoms. The van der Waals surface area contributed by atoms with Gasteiger partial charge in [0.25, 0.3) is 0 Å². The minimum absolute atomic E-state index is 0.118. The van der Waals surface area contributed by atoms with Gasteiger partial charge in [-0.1, -0.05) is 19.1 Å². The van der Waals surface area contributed by atoms with Gasteiger partial charge in [-0.15, -0.1) is 0 Å². The summed E-state index contributed by atoms with van der Waals surface area (Å²) in [6, 6.07) is 5.22. The summed E-state index contributed by atoms with van der Waals surface area (Å²) < 4.78 is 42.7. The molecule has 0 spiro atoms. The lowest BCUT2D eigenvalue weighted by molar-refractivity contribution is -0.138. The third-order valence-corrected chi connectivity index (χ3v) is 1.98. The van der Waals surface area contributed by atoms with Gasteiger partial charge in [-0.05, 0) is 18.7 Å². The molecule has 0 unspecified atom stereocenters. The van der Waals surface area contributed by atoms with Gasteiger partial charge in [-0.25, -0.2) is 0 Å². The zero-order valence-electron chi connectivity index (χ0n) is 8.97. The molecule has 1 aromatic rings. The first kappa shape index (κ1) is 12.8. The maximum atomic E-state index is 12.5. The highest BCUT2D eigenvalue weighted by Gasteiger charge is 2.33. The summed E-state index contributed by atoms with van der Waals surface area (Å²) in [5.74, 6) is -0.118. The second kappa shape index (κ2) is 5.75. The first-order valence-corrected chi connectivity index (χ1v) is 5.05. The Labute approximate surface area is 92.4 Å². The van der Waals surface area contributed by atoms with Crippen LogP contribution in [-0.2, 0) is 6.18 Å². The minimum atomic E-state index is -4.37. The molecule has 0 bridgehead atoms. The molecule has 2 nitrogen and oxygen atoms in total.